The molecule has 2 aliphatic rings. The Hall–Kier alpha value is -1.97. The van der Waals surface area contributed by atoms with Crippen LogP contribution >= 0.6 is 0 Å². The first-order valence-electron chi connectivity index (χ1n) is 11.6. The Kier molecular flexibility index (Phi) is 7.95. The summed E-state index contributed by atoms with van der Waals surface area (Å²) in [5, 5.41) is 0. The van der Waals surface area contributed by atoms with Crippen LogP contribution in [0.25, 0.3) is 0 Å². The van der Waals surface area contributed by atoms with Gasteiger partial charge in [0.2, 0.25) is 11.8 Å². The molecule has 0 spiro atoms. The van der Waals surface area contributed by atoms with Crippen LogP contribution in [0.15, 0.2) is 24.3 Å². The summed E-state index contributed by atoms with van der Waals surface area (Å²) in [5.74, 6) is 0.122. The predicted octanol–water partition coefficient (Wildman–Crippen LogP) is 1.72. The highest BCUT2D eigenvalue weighted by Crippen LogP contribution is 2.26. The van der Waals surface area contributed by atoms with Crippen LogP contribution in [-0.4, -0.2) is 84.0 Å². The number of carbonyl (C=O) groups excluding carboxylic acids is 2. The third-order valence-corrected chi connectivity index (χ3v) is 8.53. The third-order valence-electron chi connectivity index (χ3n) is 6.35. The quantitative estimate of drug-likeness (QED) is 0.615. The molecule has 0 bridgehead atoms. The lowest BCUT2D eigenvalue weighted by atomic mass is 9.92. The molecule has 0 radical (unpaired) electrons. The molecule has 1 atom stereocenters. The molecule has 2 amide bonds. The summed E-state index contributed by atoms with van der Waals surface area (Å²) in [4.78, 5) is 30.0. The average molecular weight is 465 g/mol. The van der Waals surface area contributed by atoms with E-state index in [4.69, 9.17) is 0 Å². The second-order valence-electron chi connectivity index (χ2n) is 8.92. The topological polar surface area (TPSA) is 81.2 Å². The lowest BCUT2D eigenvalue weighted by Crippen LogP contribution is -2.59. The summed E-state index contributed by atoms with van der Waals surface area (Å²) < 4.78 is 28.5. The van der Waals surface area contributed by atoms with Crippen LogP contribution in [-0.2, 0) is 32.8 Å². The van der Waals surface area contributed by atoms with Crippen molar-refractivity contribution in [2.75, 3.05) is 39.3 Å². The summed E-state index contributed by atoms with van der Waals surface area (Å²) in [6, 6.07) is 7.42. The number of piperazine rings is 1. The van der Waals surface area contributed by atoms with Gasteiger partial charge >= 0.3 is 0 Å². The van der Waals surface area contributed by atoms with E-state index in [2.05, 4.69) is 0 Å². The first-order chi connectivity index (χ1) is 15.2. The molecule has 1 fully saturated rings. The Morgan fingerprint density at radius 1 is 1.03 bits per heavy atom. The number of carbonyl (C=O) groups is 2. The standard InChI is InChI=1S/C23H36N4O4S/c1-5-25(6-2)32(30,31)26-13-11-24(12-14-26)23(29)21-16-19-9-7-8-10-20(19)17-27(21)22(28)15-18(3)4/h7-10,18,21H,5-6,11-17H2,1-4H3. The molecule has 9 heteroatoms. The highest BCUT2D eigenvalue weighted by Gasteiger charge is 2.39. The van der Waals surface area contributed by atoms with Gasteiger partial charge in [0.05, 0.1) is 0 Å². The zero-order valence-corrected chi connectivity index (χ0v) is 20.5. The van der Waals surface area contributed by atoms with Crippen LogP contribution in [0.3, 0.4) is 0 Å². The van der Waals surface area contributed by atoms with Gasteiger partial charge in [-0.15, -0.1) is 0 Å². The Morgan fingerprint density at radius 2 is 1.62 bits per heavy atom. The lowest BCUT2D eigenvalue weighted by Gasteiger charge is -2.41. The van der Waals surface area contributed by atoms with Crippen LogP contribution in [0.4, 0.5) is 0 Å². The van der Waals surface area contributed by atoms with E-state index >= 15 is 0 Å². The number of nitrogens with zero attached hydrogens (tertiary/aromatic N) is 4. The van der Waals surface area contributed by atoms with Crippen molar-refractivity contribution in [1.82, 2.24) is 18.4 Å². The van der Waals surface area contributed by atoms with Gasteiger partial charge in [0, 0.05) is 58.7 Å². The van der Waals surface area contributed by atoms with Gasteiger partial charge in [-0.05, 0) is 17.0 Å². The Labute approximate surface area is 192 Å². The average Bonchev–Trinajstić information content (AvgIpc) is 2.78. The number of fused-ring (bicyclic) bond motifs is 1. The van der Waals surface area contributed by atoms with Crippen LogP contribution in [0.1, 0.15) is 45.2 Å². The SMILES string of the molecule is CCN(CC)S(=O)(=O)N1CCN(C(=O)C2Cc3ccccc3CN2C(=O)CC(C)C)CC1. The van der Waals surface area contributed by atoms with Gasteiger partial charge in [-0.2, -0.15) is 17.0 Å². The van der Waals surface area contributed by atoms with E-state index in [-0.39, 0.29) is 30.8 Å². The summed E-state index contributed by atoms with van der Waals surface area (Å²) >= 11 is 0. The molecule has 8 nitrogen and oxygen atoms in total. The molecule has 1 unspecified atom stereocenters. The summed E-state index contributed by atoms with van der Waals surface area (Å²) in [5.41, 5.74) is 2.19. The summed E-state index contributed by atoms with van der Waals surface area (Å²) in [6.07, 6.45) is 0.901. The molecule has 1 aromatic rings. The van der Waals surface area contributed by atoms with E-state index in [0.717, 1.165) is 11.1 Å². The number of amides is 2. The molecule has 1 saturated heterocycles. The molecule has 0 saturated carbocycles. The third kappa shape index (κ3) is 5.15. The number of rotatable bonds is 7. The fourth-order valence-electron chi connectivity index (χ4n) is 4.54. The van der Waals surface area contributed by atoms with Gasteiger partial charge in [-0.1, -0.05) is 52.0 Å². The minimum atomic E-state index is -3.51. The van der Waals surface area contributed by atoms with Gasteiger partial charge in [0.15, 0.2) is 0 Å². The van der Waals surface area contributed by atoms with E-state index in [1.807, 2.05) is 52.0 Å². The molecule has 178 valence electrons. The smallest absolute Gasteiger partial charge is 0.282 e. The van der Waals surface area contributed by atoms with Gasteiger partial charge in [-0.25, -0.2) is 0 Å². The van der Waals surface area contributed by atoms with Gasteiger partial charge < -0.3 is 9.80 Å². The predicted molar refractivity (Wildman–Crippen MR) is 124 cm³/mol. The molecule has 3 rings (SSSR count). The van der Waals surface area contributed by atoms with Crippen molar-refractivity contribution in [3.63, 3.8) is 0 Å². The van der Waals surface area contributed by atoms with Gasteiger partial charge in [-0.3, -0.25) is 9.59 Å². The van der Waals surface area contributed by atoms with E-state index in [0.29, 0.717) is 45.6 Å². The monoisotopic (exact) mass is 464 g/mol. The highest BCUT2D eigenvalue weighted by molar-refractivity contribution is 7.86. The van der Waals surface area contributed by atoms with Crippen molar-refractivity contribution < 1.29 is 18.0 Å². The maximum Gasteiger partial charge on any atom is 0.282 e. The Balaban J connectivity index is 1.74. The van der Waals surface area contributed by atoms with E-state index in [1.54, 1.807) is 9.80 Å². The maximum absolute atomic E-state index is 13.5. The molecule has 0 aliphatic carbocycles. The first-order valence-corrected chi connectivity index (χ1v) is 13.0. The minimum Gasteiger partial charge on any atom is -0.338 e. The largest absolute Gasteiger partial charge is 0.338 e. The van der Waals surface area contributed by atoms with Crippen LogP contribution in [0.5, 0.6) is 0 Å². The molecule has 2 aliphatic heterocycles. The molecule has 0 N–H and O–H groups in total. The zero-order valence-electron chi connectivity index (χ0n) is 19.7. The van der Waals surface area contributed by atoms with Crippen LogP contribution in [0, 0.1) is 5.92 Å². The van der Waals surface area contributed by atoms with Crippen molar-refractivity contribution in [2.24, 2.45) is 5.92 Å². The first kappa shape index (κ1) is 24.7. The van der Waals surface area contributed by atoms with E-state index in [1.165, 1.54) is 8.61 Å². The summed E-state index contributed by atoms with van der Waals surface area (Å²) in [6.45, 7) is 10.2. The zero-order chi connectivity index (χ0) is 23.5. The fraction of sp³-hybridized carbons (Fsp3) is 0.652. The normalized spacial score (nSPS) is 20.0. The molecular formula is C23H36N4O4S. The van der Waals surface area contributed by atoms with Crippen molar-refractivity contribution in [1.29, 1.82) is 0 Å². The van der Waals surface area contributed by atoms with Crippen molar-refractivity contribution in [3.8, 4) is 0 Å². The van der Waals surface area contributed by atoms with Gasteiger partial charge in [0.25, 0.3) is 10.2 Å². The van der Waals surface area contributed by atoms with E-state index in [9.17, 15) is 18.0 Å². The van der Waals surface area contributed by atoms with E-state index < -0.39 is 16.3 Å². The lowest BCUT2D eigenvalue weighted by molar-refractivity contribution is -0.148. The molecular weight excluding hydrogens is 428 g/mol. The maximum atomic E-state index is 13.5. The van der Waals surface area contributed by atoms with Crippen molar-refractivity contribution in [2.45, 2.75) is 53.1 Å². The van der Waals surface area contributed by atoms with Gasteiger partial charge in [0.1, 0.15) is 6.04 Å². The number of hydrogen-bond donors (Lipinski definition) is 0. The fourth-order valence-corrected chi connectivity index (χ4v) is 6.14. The number of benzene rings is 1. The van der Waals surface area contributed by atoms with Crippen molar-refractivity contribution >= 4 is 22.0 Å². The second kappa shape index (κ2) is 10.3. The highest BCUT2D eigenvalue weighted by atomic mass is 32.2. The van der Waals surface area contributed by atoms with Crippen LogP contribution in [0.2, 0.25) is 0 Å². The van der Waals surface area contributed by atoms with Crippen LogP contribution < -0.4 is 0 Å². The number of hydrogen-bond acceptors (Lipinski definition) is 4. The van der Waals surface area contributed by atoms with Crippen molar-refractivity contribution in [3.05, 3.63) is 35.4 Å². The minimum absolute atomic E-state index is 0.00407. The molecule has 32 heavy (non-hydrogen) atoms. The molecule has 2 heterocycles. The Morgan fingerprint density at radius 3 is 2.19 bits per heavy atom. The summed E-state index contributed by atoms with van der Waals surface area (Å²) in [7, 11) is -3.51. The molecule has 0 aromatic heterocycles. The second-order valence-corrected chi connectivity index (χ2v) is 10.9. The molecule has 1 aromatic carbocycles. The Bertz CT molecular complexity index is 922.